The molecule has 0 aromatic rings. The molecule has 1 unspecified atom stereocenters. The van der Waals surface area contributed by atoms with E-state index >= 15 is 0 Å². The Morgan fingerprint density at radius 2 is 1.38 bits per heavy atom. The van der Waals surface area contributed by atoms with Crippen LogP contribution in [0.25, 0.3) is 0 Å². The quantitative estimate of drug-likeness (QED) is 0.528. The van der Waals surface area contributed by atoms with E-state index in [0.717, 1.165) is 17.8 Å². The Morgan fingerprint density at radius 1 is 0.846 bits per heavy atom. The van der Waals surface area contributed by atoms with Crippen LogP contribution >= 0.6 is 0 Å². The highest BCUT2D eigenvalue weighted by Gasteiger charge is 2.08. The first-order valence-corrected chi connectivity index (χ1v) is 6.10. The topological polar surface area (TPSA) is 0 Å². The standard InChI is InChI=1S/C13H28/c1-6-13(7-2)9-8-12(5)10-11(3)4/h11-13H,6-10H2,1-5H3. The summed E-state index contributed by atoms with van der Waals surface area (Å²) in [6, 6.07) is 0. The molecule has 0 fully saturated rings. The van der Waals surface area contributed by atoms with Crippen molar-refractivity contribution >= 4 is 0 Å². The SMILES string of the molecule is CCC(CC)CCC(C)CC(C)C. The van der Waals surface area contributed by atoms with Crippen LogP contribution in [0.3, 0.4) is 0 Å². The Bertz CT molecular complexity index is 101. The molecule has 0 saturated heterocycles. The zero-order valence-corrected chi connectivity index (χ0v) is 10.3. The largest absolute Gasteiger partial charge is 0.0651 e. The fourth-order valence-corrected chi connectivity index (χ4v) is 2.14. The van der Waals surface area contributed by atoms with Gasteiger partial charge in [0.25, 0.3) is 0 Å². The zero-order valence-electron chi connectivity index (χ0n) is 10.3. The van der Waals surface area contributed by atoms with Crippen molar-refractivity contribution in [2.75, 3.05) is 0 Å². The average Bonchev–Trinajstić information content (AvgIpc) is 2.05. The normalized spacial score (nSPS) is 14.1. The van der Waals surface area contributed by atoms with E-state index < -0.39 is 0 Å². The summed E-state index contributed by atoms with van der Waals surface area (Å²) in [5, 5.41) is 0. The van der Waals surface area contributed by atoms with Crippen molar-refractivity contribution < 1.29 is 0 Å². The fourth-order valence-electron chi connectivity index (χ4n) is 2.14. The van der Waals surface area contributed by atoms with Crippen molar-refractivity contribution in [2.45, 2.75) is 66.7 Å². The van der Waals surface area contributed by atoms with Gasteiger partial charge in [0.15, 0.2) is 0 Å². The Hall–Kier alpha value is 0. The van der Waals surface area contributed by atoms with E-state index in [2.05, 4.69) is 34.6 Å². The lowest BCUT2D eigenvalue weighted by Gasteiger charge is -2.17. The Labute approximate surface area is 85.1 Å². The van der Waals surface area contributed by atoms with E-state index in [-0.39, 0.29) is 0 Å². The highest BCUT2D eigenvalue weighted by molar-refractivity contribution is 4.61. The molecule has 0 aliphatic heterocycles. The second-order valence-electron chi connectivity index (χ2n) is 4.99. The Balaban J connectivity index is 3.49. The van der Waals surface area contributed by atoms with Gasteiger partial charge in [-0.05, 0) is 24.2 Å². The summed E-state index contributed by atoms with van der Waals surface area (Å²) < 4.78 is 0. The molecule has 13 heavy (non-hydrogen) atoms. The molecule has 0 aromatic heterocycles. The lowest BCUT2D eigenvalue weighted by atomic mass is 9.89. The molecule has 0 heteroatoms. The summed E-state index contributed by atoms with van der Waals surface area (Å²) in [4.78, 5) is 0. The summed E-state index contributed by atoms with van der Waals surface area (Å²) in [6.07, 6.45) is 7.02. The maximum Gasteiger partial charge on any atom is -0.0419 e. The van der Waals surface area contributed by atoms with E-state index in [0.29, 0.717) is 0 Å². The van der Waals surface area contributed by atoms with Gasteiger partial charge >= 0.3 is 0 Å². The lowest BCUT2D eigenvalue weighted by Crippen LogP contribution is -2.04. The molecule has 0 spiro atoms. The van der Waals surface area contributed by atoms with E-state index in [4.69, 9.17) is 0 Å². The molecule has 80 valence electrons. The number of hydrogen-bond acceptors (Lipinski definition) is 0. The molecule has 0 rings (SSSR count). The van der Waals surface area contributed by atoms with Crippen LogP contribution in [0, 0.1) is 17.8 Å². The molecule has 0 heterocycles. The summed E-state index contributed by atoms with van der Waals surface area (Å²) >= 11 is 0. The van der Waals surface area contributed by atoms with Gasteiger partial charge in [-0.25, -0.2) is 0 Å². The third-order valence-electron chi connectivity index (χ3n) is 3.10. The number of hydrogen-bond donors (Lipinski definition) is 0. The highest BCUT2D eigenvalue weighted by Crippen LogP contribution is 2.22. The first-order valence-electron chi connectivity index (χ1n) is 6.10. The molecule has 1 atom stereocenters. The number of rotatable bonds is 7. The average molecular weight is 184 g/mol. The smallest absolute Gasteiger partial charge is 0.0419 e. The van der Waals surface area contributed by atoms with E-state index in [9.17, 15) is 0 Å². The van der Waals surface area contributed by atoms with Crippen LogP contribution in [-0.4, -0.2) is 0 Å². The van der Waals surface area contributed by atoms with Crippen LogP contribution in [0.2, 0.25) is 0 Å². The van der Waals surface area contributed by atoms with Gasteiger partial charge in [0.1, 0.15) is 0 Å². The monoisotopic (exact) mass is 184 g/mol. The maximum atomic E-state index is 2.41. The molecule has 0 bridgehead atoms. The minimum Gasteiger partial charge on any atom is -0.0651 e. The van der Waals surface area contributed by atoms with Crippen molar-refractivity contribution in [3.63, 3.8) is 0 Å². The van der Waals surface area contributed by atoms with Crippen molar-refractivity contribution in [3.8, 4) is 0 Å². The molecular formula is C13H28. The van der Waals surface area contributed by atoms with E-state index in [1.807, 2.05) is 0 Å². The predicted molar refractivity (Wildman–Crippen MR) is 61.9 cm³/mol. The van der Waals surface area contributed by atoms with Gasteiger partial charge in [-0.3, -0.25) is 0 Å². The molecule has 0 aromatic carbocycles. The molecule has 0 radical (unpaired) electrons. The molecule has 0 N–H and O–H groups in total. The summed E-state index contributed by atoms with van der Waals surface area (Å²) in [5.74, 6) is 2.78. The predicted octanol–water partition coefficient (Wildman–Crippen LogP) is 4.89. The van der Waals surface area contributed by atoms with Crippen molar-refractivity contribution in [1.29, 1.82) is 0 Å². The van der Waals surface area contributed by atoms with Crippen molar-refractivity contribution in [3.05, 3.63) is 0 Å². The molecule has 0 nitrogen and oxygen atoms in total. The lowest BCUT2D eigenvalue weighted by molar-refractivity contribution is 0.352. The van der Waals surface area contributed by atoms with E-state index in [1.54, 1.807) is 0 Å². The van der Waals surface area contributed by atoms with Crippen LogP contribution in [0.4, 0.5) is 0 Å². The second-order valence-corrected chi connectivity index (χ2v) is 4.99. The highest BCUT2D eigenvalue weighted by atomic mass is 14.1. The summed E-state index contributed by atoms with van der Waals surface area (Å²) in [6.45, 7) is 11.7. The van der Waals surface area contributed by atoms with Crippen LogP contribution in [0.1, 0.15) is 66.7 Å². The van der Waals surface area contributed by atoms with Crippen molar-refractivity contribution in [2.24, 2.45) is 17.8 Å². The maximum absolute atomic E-state index is 2.41. The third kappa shape index (κ3) is 7.10. The second kappa shape index (κ2) is 7.41. The molecule has 0 amide bonds. The van der Waals surface area contributed by atoms with Crippen LogP contribution < -0.4 is 0 Å². The van der Waals surface area contributed by atoms with Gasteiger partial charge < -0.3 is 0 Å². The molecule has 0 aliphatic rings. The minimum atomic E-state index is 0.872. The van der Waals surface area contributed by atoms with Crippen molar-refractivity contribution in [1.82, 2.24) is 0 Å². The summed E-state index contributed by atoms with van der Waals surface area (Å²) in [7, 11) is 0. The third-order valence-corrected chi connectivity index (χ3v) is 3.10. The van der Waals surface area contributed by atoms with Gasteiger partial charge in [-0.1, -0.05) is 60.3 Å². The van der Waals surface area contributed by atoms with Gasteiger partial charge in [0, 0.05) is 0 Å². The zero-order chi connectivity index (χ0) is 10.3. The Kier molecular flexibility index (Phi) is 7.41. The van der Waals surface area contributed by atoms with Gasteiger partial charge in [0.05, 0.1) is 0 Å². The van der Waals surface area contributed by atoms with Crippen LogP contribution in [-0.2, 0) is 0 Å². The first kappa shape index (κ1) is 13.0. The molecular weight excluding hydrogens is 156 g/mol. The van der Waals surface area contributed by atoms with Crippen LogP contribution in [0.5, 0.6) is 0 Å². The summed E-state index contributed by atoms with van der Waals surface area (Å²) in [5.41, 5.74) is 0. The minimum absolute atomic E-state index is 0.872. The van der Waals surface area contributed by atoms with Crippen LogP contribution in [0.15, 0.2) is 0 Å². The first-order chi connectivity index (χ1) is 6.10. The molecule has 0 saturated carbocycles. The Morgan fingerprint density at radius 3 is 1.77 bits per heavy atom. The van der Waals surface area contributed by atoms with Gasteiger partial charge in [0.2, 0.25) is 0 Å². The fraction of sp³-hybridized carbons (Fsp3) is 1.00. The molecule has 0 aliphatic carbocycles. The van der Waals surface area contributed by atoms with Gasteiger partial charge in [-0.15, -0.1) is 0 Å². The van der Waals surface area contributed by atoms with Gasteiger partial charge in [-0.2, -0.15) is 0 Å². The van der Waals surface area contributed by atoms with E-state index in [1.165, 1.54) is 32.1 Å².